The van der Waals surface area contributed by atoms with Gasteiger partial charge in [0.2, 0.25) is 5.91 Å². The van der Waals surface area contributed by atoms with E-state index in [-0.39, 0.29) is 31.1 Å². The Labute approximate surface area is 152 Å². The van der Waals surface area contributed by atoms with Crippen molar-refractivity contribution in [2.75, 3.05) is 0 Å². The van der Waals surface area contributed by atoms with Crippen LogP contribution in [0, 0.1) is 0 Å². The van der Waals surface area contributed by atoms with Crippen LogP contribution in [0.1, 0.15) is 47.9 Å². The monoisotopic (exact) mass is 350 g/mol. The zero-order valence-electron chi connectivity index (χ0n) is 14.8. The van der Waals surface area contributed by atoms with Gasteiger partial charge in [0.25, 0.3) is 0 Å². The second-order valence-electron chi connectivity index (χ2n) is 6.19. The first-order chi connectivity index (χ1) is 12.7. The number of nitrogens with zero attached hydrogens (tertiary/aromatic N) is 3. The van der Waals surface area contributed by atoms with Gasteiger partial charge in [0.1, 0.15) is 0 Å². The number of aryl methyl sites for hydroxylation is 1. The molecule has 1 aromatic carbocycles. The Hall–Kier alpha value is -3.02. The smallest absolute Gasteiger partial charge is 0.220 e. The summed E-state index contributed by atoms with van der Waals surface area (Å²) < 4.78 is 1.82. The number of nitrogens with one attached hydrogen (secondary N) is 1. The molecule has 2 aromatic heterocycles. The molecule has 0 radical (unpaired) electrons. The fourth-order valence-electron chi connectivity index (χ4n) is 2.79. The van der Waals surface area contributed by atoms with Gasteiger partial charge in [-0.25, -0.2) is 0 Å². The van der Waals surface area contributed by atoms with E-state index in [9.17, 15) is 9.59 Å². The fraction of sp³-hybridized carbons (Fsp3) is 0.300. The van der Waals surface area contributed by atoms with Crippen molar-refractivity contribution in [1.82, 2.24) is 19.9 Å². The van der Waals surface area contributed by atoms with Crippen molar-refractivity contribution in [3.63, 3.8) is 0 Å². The van der Waals surface area contributed by atoms with Crippen molar-refractivity contribution in [2.45, 2.75) is 39.2 Å². The van der Waals surface area contributed by atoms with Crippen molar-refractivity contribution >= 4 is 17.3 Å². The Morgan fingerprint density at radius 1 is 1.04 bits per heavy atom. The van der Waals surface area contributed by atoms with Crippen LogP contribution in [0.3, 0.4) is 0 Å². The summed E-state index contributed by atoms with van der Waals surface area (Å²) in [6, 6.07) is 13.3. The lowest BCUT2D eigenvalue weighted by atomic mass is 10.0. The van der Waals surface area contributed by atoms with Gasteiger partial charge in [0.15, 0.2) is 17.3 Å². The topological polar surface area (TPSA) is 76.4 Å². The van der Waals surface area contributed by atoms with Gasteiger partial charge in [-0.15, -0.1) is 10.2 Å². The number of fused-ring (bicyclic) bond motifs is 1. The van der Waals surface area contributed by atoms with Crippen LogP contribution < -0.4 is 5.32 Å². The molecule has 3 aromatic rings. The minimum Gasteiger partial charge on any atom is -0.349 e. The van der Waals surface area contributed by atoms with Crippen LogP contribution in [0.25, 0.3) is 5.65 Å². The zero-order valence-corrected chi connectivity index (χ0v) is 14.8. The number of benzene rings is 1. The molecule has 0 aliphatic carbocycles. The van der Waals surface area contributed by atoms with E-state index in [2.05, 4.69) is 22.4 Å². The minimum absolute atomic E-state index is 0.0175. The van der Waals surface area contributed by atoms with Crippen LogP contribution in [-0.2, 0) is 17.8 Å². The fourth-order valence-corrected chi connectivity index (χ4v) is 2.79. The highest BCUT2D eigenvalue weighted by atomic mass is 16.2. The first-order valence-corrected chi connectivity index (χ1v) is 8.85. The third kappa shape index (κ3) is 4.33. The second kappa shape index (κ2) is 8.38. The first kappa shape index (κ1) is 17.8. The van der Waals surface area contributed by atoms with Crippen molar-refractivity contribution in [3.05, 3.63) is 65.6 Å². The van der Waals surface area contributed by atoms with Crippen molar-refractivity contribution in [2.24, 2.45) is 0 Å². The number of hydrogen-bond acceptors (Lipinski definition) is 4. The van der Waals surface area contributed by atoms with Gasteiger partial charge in [-0.3, -0.25) is 14.0 Å². The Balaban J connectivity index is 1.48. The van der Waals surface area contributed by atoms with Crippen LogP contribution in [0.4, 0.5) is 0 Å². The maximum Gasteiger partial charge on any atom is 0.220 e. The second-order valence-corrected chi connectivity index (χ2v) is 6.19. The number of aromatic nitrogens is 3. The molecule has 0 bridgehead atoms. The van der Waals surface area contributed by atoms with Gasteiger partial charge in [0.05, 0.1) is 6.54 Å². The number of hydrogen-bond donors (Lipinski definition) is 1. The Bertz CT molecular complexity index is 900. The molecule has 6 nitrogen and oxygen atoms in total. The van der Waals surface area contributed by atoms with Crippen molar-refractivity contribution in [3.8, 4) is 0 Å². The van der Waals surface area contributed by atoms with E-state index in [1.807, 2.05) is 53.1 Å². The van der Waals surface area contributed by atoms with Gasteiger partial charge in [-0.2, -0.15) is 0 Å². The Kier molecular flexibility index (Phi) is 5.73. The normalized spacial score (nSPS) is 10.8. The molecule has 0 saturated heterocycles. The summed E-state index contributed by atoms with van der Waals surface area (Å²) in [7, 11) is 0. The summed E-state index contributed by atoms with van der Waals surface area (Å²) in [5.41, 5.74) is 2.61. The lowest BCUT2D eigenvalue weighted by Crippen LogP contribution is -2.24. The molecule has 26 heavy (non-hydrogen) atoms. The lowest BCUT2D eigenvalue weighted by Gasteiger charge is -2.05. The third-order valence-electron chi connectivity index (χ3n) is 4.22. The lowest BCUT2D eigenvalue weighted by molar-refractivity contribution is -0.121. The molecule has 0 saturated carbocycles. The third-order valence-corrected chi connectivity index (χ3v) is 4.22. The van der Waals surface area contributed by atoms with Gasteiger partial charge < -0.3 is 5.32 Å². The van der Waals surface area contributed by atoms with Crippen LogP contribution in [0.15, 0.2) is 48.7 Å². The van der Waals surface area contributed by atoms with E-state index in [0.717, 1.165) is 18.5 Å². The number of Topliss-reactive ketones (excluding diaryl/α,β-unsaturated/α-hetero) is 1. The van der Waals surface area contributed by atoms with Gasteiger partial charge in [-0.1, -0.05) is 43.7 Å². The number of ketones is 1. The molecular formula is C20H22N4O2. The summed E-state index contributed by atoms with van der Waals surface area (Å²) in [5.74, 6) is 0.469. The molecule has 0 spiro atoms. The van der Waals surface area contributed by atoms with Gasteiger partial charge in [0, 0.05) is 24.6 Å². The molecule has 0 fully saturated rings. The van der Waals surface area contributed by atoms with Crippen molar-refractivity contribution in [1.29, 1.82) is 0 Å². The SMILES string of the molecule is CCCc1ccc(C(=O)CCC(=O)NCc2nnc3ccccn23)cc1. The molecule has 1 amide bonds. The van der Waals surface area contributed by atoms with Crippen LogP contribution in [0.5, 0.6) is 0 Å². The number of amides is 1. The highest BCUT2D eigenvalue weighted by molar-refractivity contribution is 5.97. The van der Waals surface area contributed by atoms with E-state index in [0.29, 0.717) is 11.4 Å². The molecule has 0 unspecified atom stereocenters. The molecule has 3 rings (SSSR count). The summed E-state index contributed by atoms with van der Waals surface area (Å²) in [5, 5.41) is 10.9. The largest absolute Gasteiger partial charge is 0.349 e. The molecule has 0 aliphatic heterocycles. The van der Waals surface area contributed by atoms with Crippen LogP contribution in [0.2, 0.25) is 0 Å². The van der Waals surface area contributed by atoms with Crippen molar-refractivity contribution < 1.29 is 9.59 Å². The summed E-state index contributed by atoms with van der Waals surface area (Å²) in [6.07, 6.45) is 4.29. The molecule has 134 valence electrons. The number of pyridine rings is 1. The summed E-state index contributed by atoms with van der Waals surface area (Å²) in [4.78, 5) is 24.2. The van der Waals surface area contributed by atoms with Crippen LogP contribution in [-0.4, -0.2) is 26.3 Å². The van der Waals surface area contributed by atoms with E-state index in [1.54, 1.807) is 0 Å². The Morgan fingerprint density at radius 2 is 1.85 bits per heavy atom. The number of carbonyl (C=O) groups is 2. The quantitative estimate of drug-likeness (QED) is 0.634. The average molecular weight is 350 g/mol. The molecule has 0 aliphatic rings. The highest BCUT2D eigenvalue weighted by Crippen LogP contribution is 2.10. The summed E-state index contributed by atoms with van der Waals surface area (Å²) >= 11 is 0. The maximum atomic E-state index is 12.2. The predicted molar refractivity (Wildman–Crippen MR) is 98.8 cm³/mol. The van der Waals surface area contributed by atoms with Gasteiger partial charge in [-0.05, 0) is 24.1 Å². The standard InChI is InChI=1S/C20H22N4O2/c1-2-5-15-7-9-16(10-8-15)17(25)11-12-20(26)21-14-19-23-22-18-6-3-4-13-24(18)19/h3-4,6-10,13H,2,5,11-12,14H2,1H3,(H,21,26). The molecule has 6 heteroatoms. The van der Waals surface area contributed by atoms with Crippen LogP contribution >= 0.6 is 0 Å². The van der Waals surface area contributed by atoms with E-state index in [1.165, 1.54) is 5.56 Å². The zero-order chi connectivity index (χ0) is 18.4. The molecule has 0 atom stereocenters. The number of rotatable bonds is 8. The van der Waals surface area contributed by atoms with E-state index >= 15 is 0 Å². The maximum absolute atomic E-state index is 12.2. The first-order valence-electron chi connectivity index (χ1n) is 8.85. The van der Waals surface area contributed by atoms with E-state index in [4.69, 9.17) is 0 Å². The predicted octanol–water partition coefficient (Wildman–Crippen LogP) is 2.96. The minimum atomic E-state index is -0.173. The highest BCUT2D eigenvalue weighted by Gasteiger charge is 2.11. The number of carbonyl (C=O) groups excluding carboxylic acids is 2. The molecular weight excluding hydrogens is 328 g/mol. The Morgan fingerprint density at radius 3 is 2.62 bits per heavy atom. The average Bonchev–Trinajstić information content (AvgIpc) is 3.08. The van der Waals surface area contributed by atoms with Gasteiger partial charge >= 0.3 is 0 Å². The summed E-state index contributed by atoms with van der Waals surface area (Å²) in [6.45, 7) is 2.41. The molecule has 2 heterocycles. The molecule has 1 N–H and O–H groups in total. The van der Waals surface area contributed by atoms with E-state index < -0.39 is 0 Å².